The lowest BCUT2D eigenvalue weighted by molar-refractivity contribution is 0.102. The maximum Gasteiger partial charge on any atom is 0.255 e. The van der Waals surface area contributed by atoms with Gasteiger partial charge in [0.15, 0.2) is 0 Å². The predicted molar refractivity (Wildman–Crippen MR) is 102 cm³/mol. The molecule has 1 heterocycles. The Kier molecular flexibility index (Phi) is 3.92. The number of amides is 1. The number of nitrogens with one attached hydrogen (secondary N) is 3. The first-order chi connectivity index (χ1) is 12.3. The van der Waals surface area contributed by atoms with Crippen LogP contribution in [0.3, 0.4) is 0 Å². The van der Waals surface area contributed by atoms with Crippen molar-refractivity contribution in [1.82, 2.24) is 4.98 Å². The van der Waals surface area contributed by atoms with Gasteiger partial charge in [-0.1, -0.05) is 24.3 Å². The van der Waals surface area contributed by atoms with Crippen molar-refractivity contribution in [1.29, 1.82) is 0 Å². The highest BCUT2D eigenvalue weighted by Crippen LogP contribution is 2.20. The number of hydrogen-bond donors (Lipinski definition) is 3. The molecular weight excluding hydrogens is 310 g/mol. The van der Waals surface area contributed by atoms with Gasteiger partial charge in [-0.15, -0.1) is 0 Å². The number of hydrogen-bond acceptors (Lipinski definition) is 2. The summed E-state index contributed by atoms with van der Waals surface area (Å²) in [6.07, 6.45) is 1.87. The molecule has 4 nitrogen and oxygen atoms in total. The second-order valence-corrected chi connectivity index (χ2v) is 5.80. The van der Waals surface area contributed by atoms with Gasteiger partial charge in [0.1, 0.15) is 0 Å². The number of rotatable bonds is 4. The van der Waals surface area contributed by atoms with Crippen LogP contribution in [0.15, 0.2) is 85.1 Å². The summed E-state index contributed by atoms with van der Waals surface area (Å²) in [4.78, 5) is 15.5. The molecule has 0 fully saturated rings. The quantitative estimate of drug-likeness (QED) is 0.485. The summed E-state index contributed by atoms with van der Waals surface area (Å²) in [5.74, 6) is -0.125. The van der Waals surface area contributed by atoms with Gasteiger partial charge in [-0.25, -0.2) is 0 Å². The molecule has 0 saturated heterocycles. The van der Waals surface area contributed by atoms with Crippen molar-refractivity contribution in [3.63, 3.8) is 0 Å². The van der Waals surface area contributed by atoms with E-state index >= 15 is 0 Å². The first-order valence-electron chi connectivity index (χ1n) is 8.08. The van der Waals surface area contributed by atoms with Crippen LogP contribution in [0.5, 0.6) is 0 Å². The number of carbonyl (C=O) groups excluding carboxylic acids is 1. The molecule has 0 bridgehead atoms. The average molecular weight is 327 g/mol. The van der Waals surface area contributed by atoms with Crippen LogP contribution in [0.25, 0.3) is 10.9 Å². The summed E-state index contributed by atoms with van der Waals surface area (Å²) in [5.41, 5.74) is 4.34. The molecule has 0 aliphatic heterocycles. The van der Waals surface area contributed by atoms with Gasteiger partial charge in [-0.2, -0.15) is 0 Å². The number of H-pyrrole nitrogens is 1. The first-order valence-corrected chi connectivity index (χ1v) is 8.08. The molecule has 122 valence electrons. The zero-order valence-electron chi connectivity index (χ0n) is 13.5. The lowest BCUT2D eigenvalue weighted by atomic mass is 10.1. The van der Waals surface area contributed by atoms with Crippen LogP contribution in [-0.2, 0) is 0 Å². The van der Waals surface area contributed by atoms with Crippen LogP contribution in [0.4, 0.5) is 17.1 Å². The topological polar surface area (TPSA) is 56.9 Å². The number of benzene rings is 3. The zero-order chi connectivity index (χ0) is 17.1. The molecule has 4 aromatic rings. The smallest absolute Gasteiger partial charge is 0.255 e. The van der Waals surface area contributed by atoms with E-state index in [-0.39, 0.29) is 5.91 Å². The molecular formula is C21H17N3O. The van der Waals surface area contributed by atoms with E-state index in [4.69, 9.17) is 0 Å². The molecule has 3 aromatic carbocycles. The minimum Gasteiger partial charge on any atom is -0.361 e. The first kappa shape index (κ1) is 15.0. The molecule has 0 saturated carbocycles. The largest absolute Gasteiger partial charge is 0.361 e. The summed E-state index contributed by atoms with van der Waals surface area (Å²) in [5, 5.41) is 7.33. The van der Waals surface area contributed by atoms with Gasteiger partial charge in [0.25, 0.3) is 5.91 Å². The monoisotopic (exact) mass is 327 g/mol. The molecule has 0 radical (unpaired) electrons. The summed E-state index contributed by atoms with van der Waals surface area (Å²) in [6.45, 7) is 0. The molecule has 0 atom stereocenters. The van der Waals surface area contributed by atoms with Crippen LogP contribution in [0.1, 0.15) is 10.4 Å². The maximum atomic E-state index is 12.4. The van der Waals surface area contributed by atoms with Crippen LogP contribution in [0, 0.1) is 0 Å². The lowest BCUT2D eigenvalue weighted by Crippen LogP contribution is -2.11. The van der Waals surface area contributed by atoms with E-state index in [0.717, 1.165) is 28.0 Å². The Morgan fingerprint density at radius 3 is 2.28 bits per heavy atom. The van der Waals surface area contributed by atoms with Gasteiger partial charge in [-0.3, -0.25) is 4.79 Å². The van der Waals surface area contributed by atoms with Crippen molar-refractivity contribution in [2.75, 3.05) is 10.6 Å². The fourth-order valence-corrected chi connectivity index (χ4v) is 2.72. The van der Waals surface area contributed by atoms with Crippen LogP contribution >= 0.6 is 0 Å². The highest BCUT2D eigenvalue weighted by Gasteiger charge is 2.07. The maximum absolute atomic E-state index is 12.4. The molecule has 0 spiro atoms. The summed E-state index contributed by atoms with van der Waals surface area (Å²) in [6, 6.07) is 25.2. The SMILES string of the molecule is O=C(Nc1ccc(Nc2ccccc2)cc1)c1ccc2cc[nH]c2c1. The lowest BCUT2D eigenvalue weighted by Gasteiger charge is -2.09. The van der Waals surface area contributed by atoms with Crippen LogP contribution in [0.2, 0.25) is 0 Å². The number of fused-ring (bicyclic) bond motifs is 1. The van der Waals surface area contributed by atoms with Gasteiger partial charge in [0, 0.05) is 34.3 Å². The number of carbonyl (C=O) groups is 1. The second-order valence-electron chi connectivity index (χ2n) is 5.80. The Bertz CT molecular complexity index is 1000. The van der Waals surface area contributed by atoms with Crippen molar-refractivity contribution in [3.05, 3.63) is 90.6 Å². The Labute approximate surface area is 145 Å². The fraction of sp³-hybridized carbons (Fsp3) is 0. The molecule has 4 rings (SSSR count). The number of aromatic amines is 1. The van der Waals surface area contributed by atoms with E-state index in [1.54, 1.807) is 0 Å². The second kappa shape index (κ2) is 6.53. The Balaban J connectivity index is 1.46. The van der Waals surface area contributed by atoms with Crippen molar-refractivity contribution in [2.45, 2.75) is 0 Å². The van der Waals surface area contributed by atoms with Gasteiger partial charge >= 0.3 is 0 Å². The zero-order valence-corrected chi connectivity index (χ0v) is 13.5. The Morgan fingerprint density at radius 2 is 1.48 bits per heavy atom. The van der Waals surface area contributed by atoms with E-state index in [9.17, 15) is 4.79 Å². The predicted octanol–water partition coefficient (Wildman–Crippen LogP) is 5.16. The van der Waals surface area contributed by atoms with Gasteiger partial charge in [0.05, 0.1) is 0 Å². The normalized spacial score (nSPS) is 10.6. The number of aromatic nitrogens is 1. The van der Waals surface area contributed by atoms with Crippen molar-refractivity contribution in [3.8, 4) is 0 Å². The summed E-state index contributed by atoms with van der Waals surface area (Å²) >= 11 is 0. The average Bonchev–Trinajstić information content (AvgIpc) is 3.12. The van der Waals surface area contributed by atoms with E-state index in [1.807, 2.05) is 85.1 Å². The highest BCUT2D eigenvalue weighted by atomic mass is 16.1. The third-order valence-electron chi connectivity index (χ3n) is 4.02. The summed E-state index contributed by atoms with van der Waals surface area (Å²) < 4.78 is 0. The van der Waals surface area contributed by atoms with Crippen molar-refractivity contribution in [2.24, 2.45) is 0 Å². The highest BCUT2D eigenvalue weighted by molar-refractivity contribution is 6.06. The van der Waals surface area contributed by atoms with E-state index < -0.39 is 0 Å². The third kappa shape index (κ3) is 3.38. The standard InChI is InChI=1S/C21H17N3O/c25-21(16-7-6-15-12-13-22-20(15)14-16)24-19-10-8-18(9-11-19)23-17-4-2-1-3-5-17/h1-14,22-23H,(H,24,25). The molecule has 25 heavy (non-hydrogen) atoms. The van der Waals surface area contributed by atoms with Gasteiger partial charge in [-0.05, 0) is 60.0 Å². The molecule has 0 aliphatic carbocycles. The third-order valence-corrected chi connectivity index (χ3v) is 4.02. The Morgan fingerprint density at radius 1 is 0.760 bits per heavy atom. The molecule has 1 amide bonds. The molecule has 3 N–H and O–H groups in total. The van der Waals surface area contributed by atoms with Crippen molar-refractivity contribution < 1.29 is 4.79 Å². The molecule has 4 heteroatoms. The Hall–Kier alpha value is -3.53. The molecule has 0 unspecified atom stereocenters. The minimum absolute atomic E-state index is 0.125. The summed E-state index contributed by atoms with van der Waals surface area (Å²) in [7, 11) is 0. The van der Waals surface area contributed by atoms with E-state index in [2.05, 4.69) is 15.6 Å². The number of anilines is 3. The van der Waals surface area contributed by atoms with Gasteiger partial charge < -0.3 is 15.6 Å². The van der Waals surface area contributed by atoms with E-state index in [1.165, 1.54) is 0 Å². The molecule has 0 aliphatic rings. The van der Waals surface area contributed by atoms with E-state index in [0.29, 0.717) is 5.56 Å². The van der Waals surface area contributed by atoms with Crippen molar-refractivity contribution >= 4 is 33.9 Å². The van der Waals surface area contributed by atoms with Gasteiger partial charge in [0.2, 0.25) is 0 Å². The minimum atomic E-state index is -0.125. The van der Waals surface area contributed by atoms with Crippen LogP contribution in [-0.4, -0.2) is 10.9 Å². The number of para-hydroxylation sites is 1. The fourth-order valence-electron chi connectivity index (χ4n) is 2.72. The van der Waals surface area contributed by atoms with Crippen LogP contribution < -0.4 is 10.6 Å². The molecule has 1 aromatic heterocycles.